The third-order valence-corrected chi connectivity index (χ3v) is 4.92. The van der Waals surface area contributed by atoms with Crippen LogP contribution < -0.4 is 5.56 Å². The normalized spacial score (nSPS) is 20.8. The number of rotatable bonds is 3. The Hall–Kier alpha value is -1.13. The number of benzene rings is 1. The maximum Gasteiger partial charge on any atom is 0.268 e. The molecule has 2 heterocycles. The number of likely N-dealkylation sites (tertiary alicyclic amines) is 1. The second kappa shape index (κ2) is 4.86. The molecule has 1 aliphatic heterocycles. The summed E-state index contributed by atoms with van der Waals surface area (Å²) >= 11 is 1.60. The maximum atomic E-state index is 12.3. The SMILES string of the molecule is CCN1CCC[C@@H]1Cn1sc2ccccc2c1=O. The summed E-state index contributed by atoms with van der Waals surface area (Å²) in [5, 5.41) is 0.864. The van der Waals surface area contributed by atoms with Gasteiger partial charge >= 0.3 is 0 Å². The van der Waals surface area contributed by atoms with Gasteiger partial charge in [0.15, 0.2) is 0 Å². The lowest BCUT2D eigenvalue weighted by atomic mass is 10.2. The van der Waals surface area contributed by atoms with Gasteiger partial charge in [-0.2, -0.15) is 0 Å². The van der Waals surface area contributed by atoms with E-state index in [1.165, 1.54) is 19.4 Å². The molecule has 4 heteroatoms. The highest BCUT2D eigenvalue weighted by molar-refractivity contribution is 7.13. The summed E-state index contributed by atoms with van der Waals surface area (Å²) in [6, 6.07) is 8.44. The molecule has 2 aromatic rings. The molecular formula is C14H18N2OS. The van der Waals surface area contributed by atoms with E-state index >= 15 is 0 Å². The highest BCUT2D eigenvalue weighted by atomic mass is 32.1. The van der Waals surface area contributed by atoms with Gasteiger partial charge in [-0.3, -0.25) is 13.7 Å². The van der Waals surface area contributed by atoms with Crippen molar-refractivity contribution in [3.63, 3.8) is 0 Å². The minimum atomic E-state index is 0.179. The summed E-state index contributed by atoms with van der Waals surface area (Å²) in [6.07, 6.45) is 2.48. The summed E-state index contributed by atoms with van der Waals surface area (Å²) in [5.74, 6) is 0. The number of fused-ring (bicyclic) bond motifs is 1. The average molecular weight is 262 g/mol. The van der Waals surface area contributed by atoms with E-state index in [9.17, 15) is 4.79 Å². The fourth-order valence-electron chi connectivity index (χ4n) is 2.85. The zero-order chi connectivity index (χ0) is 12.5. The van der Waals surface area contributed by atoms with E-state index in [2.05, 4.69) is 11.8 Å². The minimum absolute atomic E-state index is 0.179. The van der Waals surface area contributed by atoms with Gasteiger partial charge in [-0.1, -0.05) is 30.6 Å². The summed E-state index contributed by atoms with van der Waals surface area (Å²) in [6.45, 7) is 5.32. The molecule has 0 aliphatic carbocycles. The fourth-order valence-corrected chi connectivity index (χ4v) is 3.91. The van der Waals surface area contributed by atoms with Crippen molar-refractivity contribution in [1.29, 1.82) is 0 Å². The molecule has 1 aromatic heterocycles. The molecule has 0 unspecified atom stereocenters. The smallest absolute Gasteiger partial charge is 0.268 e. The molecule has 18 heavy (non-hydrogen) atoms. The predicted octanol–water partition coefficient (Wildman–Crippen LogP) is 2.55. The molecule has 1 aliphatic rings. The first-order valence-corrected chi connectivity index (χ1v) is 7.40. The number of hydrogen-bond donors (Lipinski definition) is 0. The van der Waals surface area contributed by atoms with Crippen molar-refractivity contribution in [3.8, 4) is 0 Å². The first-order chi connectivity index (χ1) is 8.79. The molecule has 0 saturated carbocycles. The Balaban J connectivity index is 1.91. The number of hydrogen-bond acceptors (Lipinski definition) is 3. The van der Waals surface area contributed by atoms with Crippen LogP contribution in [0.5, 0.6) is 0 Å². The van der Waals surface area contributed by atoms with Crippen LogP contribution in [-0.2, 0) is 6.54 Å². The molecule has 1 atom stereocenters. The molecule has 1 aromatic carbocycles. The van der Waals surface area contributed by atoms with E-state index in [0.717, 1.165) is 23.2 Å². The van der Waals surface area contributed by atoms with Crippen molar-refractivity contribution >= 4 is 21.6 Å². The zero-order valence-corrected chi connectivity index (χ0v) is 11.4. The lowest BCUT2D eigenvalue weighted by molar-refractivity contribution is 0.247. The van der Waals surface area contributed by atoms with E-state index in [1.807, 2.05) is 28.2 Å². The van der Waals surface area contributed by atoms with Crippen LogP contribution in [0.3, 0.4) is 0 Å². The molecular weight excluding hydrogens is 244 g/mol. The van der Waals surface area contributed by atoms with Gasteiger partial charge in [-0.05, 0) is 38.1 Å². The molecule has 0 spiro atoms. The summed E-state index contributed by atoms with van der Waals surface area (Å²) in [7, 11) is 0. The van der Waals surface area contributed by atoms with Crippen molar-refractivity contribution < 1.29 is 0 Å². The van der Waals surface area contributed by atoms with Gasteiger partial charge in [0.25, 0.3) is 5.56 Å². The van der Waals surface area contributed by atoms with Crippen LogP contribution >= 0.6 is 11.5 Å². The Morgan fingerprint density at radius 3 is 3.00 bits per heavy atom. The quantitative estimate of drug-likeness (QED) is 0.849. The third kappa shape index (κ3) is 1.99. The van der Waals surface area contributed by atoms with Crippen molar-refractivity contribution in [3.05, 3.63) is 34.6 Å². The van der Waals surface area contributed by atoms with Gasteiger partial charge < -0.3 is 0 Å². The monoisotopic (exact) mass is 262 g/mol. The van der Waals surface area contributed by atoms with Crippen LogP contribution in [0.25, 0.3) is 10.1 Å². The Kier molecular flexibility index (Phi) is 3.22. The second-order valence-corrected chi connectivity index (χ2v) is 5.94. The molecule has 3 rings (SSSR count). The highest BCUT2D eigenvalue weighted by Crippen LogP contribution is 2.21. The van der Waals surface area contributed by atoms with Gasteiger partial charge in [-0.25, -0.2) is 0 Å². The highest BCUT2D eigenvalue weighted by Gasteiger charge is 2.24. The first-order valence-electron chi connectivity index (χ1n) is 6.62. The third-order valence-electron chi connectivity index (χ3n) is 3.83. The first kappa shape index (κ1) is 11.9. The van der Waals surface area contributed by atoms with E-state index < -0.39 is 0 Å². The Morgan fingerprint density at radius 2 is 2.22 bits per heavy atom. The summed E-state index contributed by atoms with van der Waals surface area (Å²) in [5.41, 5.74) is 0.179. The van der Waals surface area contributed by atoms with Gasteiger partial charge in [0, 0.05) is 6.04 Å². The van der Waals surface area contributed by atoms with Crippen molar-refractivity contribution in [2.75, 3.05) is 13.1 Å². The van der Waals surface area contributed by atoms with E-state index in [1.54, 1.807) is 11.5 Å². The van der Waals surface area contributed by atoms with Gasteiger partial charge in [0.2, 0.25) is 0 Å². The number of aromatic nitrogens is 1. The standard InChI is InChI=1S/C14H18N2OS/c1-2-15-9-5-6-11(15)10-16-14(17)12-7-3-4-8-13(12)18-16/h3-4,7-8,11H,2,5-6,9-10H2,1H3/t11-/m1/s1. The molecule has 96 valence electrons. The molecule has 0 amide bonds. The maximum absolute atomic E-state index is 12.3. The largest absolute Gasteiger partial charge is 0.299 e. The van der Waals surface area contributed by atoms with Crippen LogP contribution in [-0.4, -0.2) is 28.0 Å². The van der Waals surface area contributed by atoms with Crippen molar-refractivity contribution in [2.45, 2.75) is 32.4 Å². The number of nitrogens with zero attached hydrogens (tertiary/aromatic N) is 2. The second-order valence-electron chi connectivity index (χ2n) is 4.88. The van der Waals surface area contributed by atoms with Gasteiger partial charge in [0.1, 0.15) is 0 Å². The van der Waals surface area contributed by atoms with Crippen molar-refractivity contribution in [2.24, 2.45) is 0 Å². The Bertz CT molecular complexity index is 601. The molecule has 1 saturated heterocycles. The van der Waals surface area contributed by atoms with Gasteiger partial charge in [0.05, 0.1) is 16.6 Å². The van der Waals surface area contributed by atoms with Crippen LogP contribution in [0.1, 0.15) is 19.8 Å². The molecule has 0 N–H and O–H groups in total. The zero-order valence-electron chi connectivity index (χ0n) is 10.6. The molecule has 0 radical (unpaired) electrons. The minimum Gasteiger partial charge on any atom is -0.299 e. The Morgan fingerprint density at radius 1 is 1.39 bits per heavy atom. The van der Waals surface area contributed by atoms with Gasteiger partial charge in [-0.15, -0.1) is 0 Å². The average Bonchev–Trinajstić information content (AvgIpc) is 2.96. The molecule has 1 fully saturated rings. The summed E-state index contributed by atoms with van der Waals surface area (Å²) in [4.78, 5) is 14.7. The number of likely N-dealkylation sites (N-methyl/N-ethyl adjacent to an activating group) is 1. The van der Waals surface area contributed by atoms with E-state index in [4.69, 9.17) is 0 Å². The summed E-state index contributed by atoms with van der Waals surface area (Å²) < 4.78 is 3.03. The lowest BCUT2D eigenvalue weighted by Gasteiger charge is -2.22. The Labute approximate surface area is 111 Å². The van der Waals surface area contributed by atoms with E-state index in [0.29, 0.717) is 6.04 Å². The predicted molar refractivity (Wildman–Crippen MR) is 76.4 cm³/mol. The van der Waals surface area contributed by atoms with E-state index in [-0.39, 0.29) is 5.56 Å². The fraction of sp³-hybridized carbons (Fsp3) is 0.500. The van der Waals surface area contributed by atoms with Crippen LogP contribution in [0.15, 0.2) is 29.1 Å². The molecule has 3 nitrogen and oxygen atoms in total. The van der Waals surface area contributed by atoms with Crippen LogP contribution in [0.2, 0.25) is 0 Å². The van der Waals surface area contributed by atoms with Crippen molar-refractivity contribution in [1.82, 2.24) is 8.86 Å². The molecule has 0 bridgehead atoms. The topological polar surface area (TPSA) is 25.2 Å². The van der Waals surface area contributed by atoms with Crippen LogP contribution in [0.4, 0.5) is 0 Å². The lowest BCUT2D eigenvalue weighted by Crippen LogP contribution is -2.34. The van der Waals surface area contributed by atoms with Crippen LogP contribution in [0, 0.1) is 0 Å².